The minimum atomic E-state index is 0.676. The molecule has 0 amide bonds. The van der Waals surface area contributed by atoms with Crippen molar-refractivity contribution in [1.29, 1.82) is 0 Å². The Hall–Kier alpha value is -0.120. The van der Waals surface area contributed by atoms with Gasteiger partial charge in [0.15, 0.2) is 0 Å². The molecule has 2 aromatic rings. The van der Waals surface area contributed by atoms with Gasteiger partial charge in [0.05, 0.1) is 16.2 Å². The molecule has 2 rings (SSSR count). The van der Waals surface area contributed by atoms with Crippen LogP contribution in [0, 0.1) is 6.92 Å². The molecule has 1 aromatic carbocycles. The summed E-state index contributed by atoms with van der Waals surface area (Å²) in [5.41, 5.74) is 1.79. The zero-order valence-corrected chi connectivity index (χ0v) is 11.2. The van der Waals surface area contributed by atoms with Crippen LogP contribution in [0.25, 0.3) is 10.9 Å². The summed E-state index contributed by atoms with van der Waals surface area (Å²) in [6.45, 7) is 1.90. The van der Waals surface area contributed by atoms with E-state index >= 15 is 0 Å². The predicted molar refractivity (Wildman–Crippen MR) is 66.9 cm³/mol. The van der Waals surface area contributed by atoms with E-state index in [9.17, 15) is 0 Å². The highest BCUT2D eigenvalue weighted by atomic mass is 79.9. The second kappa shape index (κ2) is 3.80. The lowest BCUT2D eigenvalue weighted by molar-refractivity contribution is 1.25. The van der Waals surface area contributed by atoms with Crippen LogP contribution >= 0.6 is 43.5 Å². The lowest BCUT2D eigenvalue weighted by Gasteiger charge is -2.05. The summed E-state index contributed by atoms with van der Waals surface area (Å²) < 4.78 is 1.93. The van der Waals surface area contributed by atoms with E-state index in [-0.39, 0.29) is 0 Å². The molecule has 0 atom stereocenters. The Morgan fingerprint density at radius 1 is 1.29 bits per heavy atom. The first-order valence-corrected chi connectivity index (χ1v) is 5.97. The summed E-state index contributed by atoms with van der Waals surface area (Å²) in [7, 11) is 0. The van der Waals surface area contributed by atoms with Gasteiger partial charge in [-0.15, -0.1) is 0 Å². The van der Waals surface area contributed by atoms with Gasteiger partial charge in [-0.2, -0.15) is 0 Å². The van der Waals surface area contributed by atoms with Gasteiger partial charge in [0.2, 0.25) is 0 Å². The van der Waals surface area contributed by atoms with Crippen LogP contribution in [0.2, 0.25) is 5.02 Å². The molecular formula is C10H6Br2ClN. The molecule has 0 aliphatic heterocycles. The van der Waals surface area contributed by atoms with E-state index in [0.29, 0.717) is 5.02 Å². The van der Waals surface area contributed by atoms with Crippen molar-refractivity contribution < 1.29 is 0 Å². The summed E-state index contributed by atoms with van der Waals surface area (Å²) in [6, 6.07) is 5.93. The van der Waals surface area contributed by atoms with Crippen molar-refractivity contribution in [3.05, 3.63) is 37.9 Å². The third-order valence-corrected chi connectivity index (χ3v) is 4.00. The quantitative estimate of drug-likeness (QED) is 0.679. The van der Waals surface area contributed by atoms with E-state index in [1.54, 1.807) is 0 Å². The van der Waals surface area contributed by atoms with E-state index in [0.717, 1.165) is 25.5 Å². The Bertz CT molecular complexity index is 511. The van der Waals surface area contributed by atoms with E-state index in [1.807, 2.05) is 25.1 Å². The van der Waals surface area contributed by atoms with Gasteiger partial charge < -0.3 is 0 Å². The molecule has 0 radical (unpaired) electrons. The van der Waals surface area contributed by atoms with Gasteiger partial charge in [-0.1, -0.05) is 27.5 Å². The van der Waals surface area contributed by atoms with Gasteiger partial charge in [0.25, 0.3) is 0 Å². The Morgan fingerprint density at radius 2 is 2.00 bits per heavy atom. The van der Waals surface area contributed by atoms with Crippen LogP contribution in [-0.4, -0.2) is 4.98 Å². The monoisotopic (exact) mass is 333 g/mol. The highest BCUT2D eigenvalue weighted by molar-refractivity contribution is 9.11. The molecule has 0 saturated carbocycles. The molecule has 4 heteroatoms. The van der Waals surface area contributed by atoms with Gasteiger partial charge in [0.1, 0.15) is 0 Å². The molecule has 0 unspecified atom stereocenters. The first-order valence-electron chi connectivity index (χ1n) is 4.00. The predicted octanol–water partition coefficient (Wildman–Crippen LogP) is 4.72. The minimum Gasteiger partial charge on any atom is -0.251 e. The van der Waals surface area contributed by atoms with E-state index < -0.39 is 0 Å². The smallest absolute Gasteiger partial charge is 0.0767 e. The van der Waals surface area contributed by atoms with Crippen LogP contribution in [0.15, 0.2) is 27.1 Å². The maximum Gasteiger partial charge on any atom is 0.0767 e. The molecule has 1 nitrogen and oxygen atoms in total. The molecule has 0 saturated heterocycles. The lowest BCUT2D eigenvalue weighted by Crippen LogP contribution is -1.87. The third-order valence-electron chi connectivity index (χ3n) is 1.99. The van der Waals surface area contributed by atoms with Crippen LogP contribution in [0.3, 0.4) is 0 Å². The zero-order chi connectivity index (χ0) is 10.3. The zero-order valence-electron chi connectivity index (χ0n) is 7.31. The second-order valence-corrected chi connectivity index (χ2v) is 5.07. The van der Waals surface area contributed by atoms with E-state index in [4.69, 9.17) is 11.6 Å². The summed E-state index contributed by atoms with van der Waals surface area (Å²) in [5, 5.41) is 1.70. The fraction of sp³-hybridized carbons (Fsp3) is 0.100. The number of pyridine rings is 1. The van der Waals surface area contributed by atoms with Gasteiger partial charge in [-0.05, 0) is 41.1 Å². The van der Waals surface area contributed by atoms with Crippen LogP contribution in [0.5, 0.6) is 0 Å². The van der Waals surface area contributed by atoms with Gasteiger partial charge >= 0.3 is 0 Å². The number of benzene rings is 1. The van der Waals surface area contributed by atoms with Crippen LogP contribution in [0.4, 0.5) is 0 Å². The molecule has 1 heterocycles. The van der Waals surface area contributed by atoms with Crippen molar-refractivity contribution in [2.24, 2.45) is 0 Å². The number of hydrogen-bond acceptors (Lipinski definition) is 1. The molecule has 1 aromatic heterocycles. The molecule has 14 heavy (non-hydrogen) atoms. The third kappa shape index (κ3) is 1.69. The number of halogens is 3. The first-order chi connectivity index (χ1) is 6.59. The summed E-state index contributed by atoms with van der Waals surface area (Å²) in [4.78, 5) is 4.39. The Kier molecular flexibility index (Phi) is 2.82. The number of nitrogens with zero attached hydrogens (tertiary/aromatic N) is 1. The number of hydrogen-bond donors (Lipinski definition) is 0. The van der Waals surface area contributed by atoms with Gasteiger partial charge in [0, 0.05) is 14.3 Å². The fourth-order valence-corrected chi connectivity index (χ4v) is 2.40. The lowest BCUT2D eigenvalue weighted by atomic mass is 10.2. The second-order valence-electron chi connectivity index (χ2n) is 2.99. The molecule has 0 spiro atoms. The van der Waals surface area contributed by atoms with Gasteiger partial charge in [-0.25, -0.2) is 0 Å². The Labute approximate surface area is 104 Å². The largest absolute Gasteiger partial charge is 0.251 e. The molecular weight excluding hydrogens is 329 g/mol. The Balaban J connectivity index is 2.92. The molecule has 0 aliphatic carbocycles. The van der Waals surface area contributed by atoms with Crippen LogP contribution in [-0.2, 0) is 0 Å². The summed E-state index contributed by atoms with van der Waals surface area (Å²) >= 11 is 13.0. The first kappa shape index (κ1) is 10.4. The summed E-state index contributed by atoms with van der Waals surface area (Å²) in [6.07, 6.45) is 0. The highest BCUT2D eigenvalue weighted by Gasteiger charge is 2.08. The number of aromatic nitrogens is 1. The van der Waals surface area contributed by atoms with Crippen molar-refractivity contribution in [1.82, 2.24) is 4.98 Å². The van der Waals surface area contributed by atoms with Crippen molar-refractivity contribution in [3.63, 3.8) is 0 Å². The maximum atomic E-state index is 6.08. The van der Waals surface area contributed by atoms with Gasteiger partial charge in [-0.3, -0.25) is 4.98 Å². The normalized spacial score (nSPS) is 10.9. The summed E-state index contributed by atoms with van der Waals surface area (Å²) in [5.74, 6) is 0. The number of aryl methyl sites for hydroxylation is 1. The molecule has 0 bridgehead atoms. The fourth-order valence-electron chi connectivity index (χ4n) is 1.29. The number of fused-ring (bicyclic) bond motifs is 1. The minimum absolute atomic E-state index is 0.676. The van der Waals surface area contributed by atoms with Crippen molar-refractivity contribution >= 4 is 54.4 Å². The van der Waals surface area contributed by atoms with Crippen molar-refractivity contribution in [2.45, 2.75) is 6.92 Å². The average Bonchev–Trinajstić information content (AvgIpc) is 2.16. The average molecular weight is 335 g/mol. The highest BCUT2D eigenvalue weighted by Crippen LogP contribution is 2.33. The van der Waals surface area contributed by atoms with Crippen molar-refractivity contribution in [2.75, 3.05) is 0 Å². The Morgan fingerprint density at radius 3 is 2.71 bits per heavy atom. The molecule has 72 valence electrons. The standard InChI is InChI=1S/C10H6Br2ClN/c1-5-10(13)9(12)7-4-6(11)2-3-8(7)14-5/h2-4H,1H3. The SMILES string of the molecule is Cc1nc2ccc(Br)cc2c(Br)c1Cl. The van der Waals surface area contributed by atoms with E-state index in [1.165, 1.54) is 0 Å². The topological polar surface area (TPSA) is 12.9 Å². The van der Waals surface area contributed by atoms with E-state index in [2.05, 4.69) is 36.8 Å². The van der Waals surface area contributed by atoms with Crippen molar-refractivity contribution in [3.8, 4) is 0 Å². The van der Waals surface area contributed by atoms with Crippen LogP contribution in [0.1, 0.15) is 5.69 Å². The molecule has 0 aliphatic rings. The molecule has 0 fully saturated rings. The number of rotatable bonds is 0. The maximum absolute atomic E-state index is 6.08. The molecule has 0 N–H and O–H groups in total. The van der Waals surface area contributed by atoms with Crippen LogP contribution < -0.4 is 0 Å².